The van der Waals surface area contributed by atoms with Gasteiger partial charge < -0.3 is 10.3 Å². The molecule has 4 rings (SSSR count). The van der Waals surface area contributed by atoms with Crippen molar-refractivity contribution in [2.24, 2.45) is 0 Å². The number of aromatic nitrogens is 6. The Morgan fingerprint density at radius 3 is 2.75 bits per heavy atom. The Bertz CT molecular complexity index is 807. The average Bonchev–Trinajstić information content (AvgIpc) is 3.11. The maximum Gasteiger partial charge on any atom is 0.183 e. The smallest absolute Gasteiger partial charge is 0.183 e. The number of nitrogens with one attached hydrogen (secondary N) is 2. The Morgan fingerprint density at radius 2 is 2.00 bits per heavy atom. The summed E-state index contributed by atoms with van der Waals surface area (Å²) in [6, 6.07) is 0. The quantitative estimate of drug-likeness (QED) is 0.752. The van der Waals surface area contributed by atoms with Crippen molar-refractivity contribution < 1.29 is 0 Å². The minimum atomic E-state index is 0.376. The maximum absolute atomic E-state index is 4.69. The first-order valence-electron chi connectivity index (χ1n) is 8.18. The van der Waals surface area contributed by atoms with E-state index >= 15 is 0 Å². The maximum atomic E-state index is 4.69. The fourth-order valence-electron chi connectivity index (χ4n) is 3.23. The van der Waals surface area contributed by atoms with Crippen LogP contribution in [0.2, 0.25) is 0 Å². The van der Waals surface area contributed by atoms with Crippen LogP contribution in [0.3, 0.4) is 0 Å². The number of hydrogen-bond donors (Lipinski definition) is 2. The Labute approximate surface area is 139 Å². The molecular weight excluding hydrogens is 304 g/mol. The predicted molar refractivity (Wildman–Crippen MR) is 90.5 cm³/mol. The third-order valence-electron chi connectivity index (χ3n) is 4.51. The summed E-state index contributed by atoms with van der Waals surface area (Å²) in [5.41, 5.74) is 2.75. The van der Waals surface area contributed by atoms with Gasteiger partial charge in [-0.3, -0.25) is 4.90 Å². The van der Waals surface area contributed by atoms with Crippen LogP contribution in [0.5, 0.6) is 0 Å². The van der Waals surface area contributed by atoms with Crippen LogP contribution < -0.4 is 5.32 Å². The highest BCUT2D eigenvalue weighted by atomic mass is 15.1. The van der Waals surface area contributed by atoms with Gasteiger partial charge in [-0.05, 0) is 25.9 Å². The molecule has 3 aromatic heterocycles. The molecule has 24 heavy (non-hydrogen) atoms. The lowest BCUT2D eigenvalue weighted by molar-refractivity contribution is 0.201. The molecule has 1 aliphatic heterocycles. The zero-order valence-electron chi connectivity index (χ0n) is 13.6. The summed E-state index contributed by atoms with van der Waals surface area (Å²) in [6.45, 7) is 2.95. The first-order valence-corrected chi connectivity index (χ1v) is 8.18. The van der Waals surface area contributed by atoms with E-state index in [1.54, 1.807) is 12.7 Å². The zero-order valence-corrected chi connectivity index (χ0v) is 13.6. The van der Waals surface area contributed by atoms with Crippen LogP contribution in [0, 0.1) is 0 Å². The molecule has 0 amide bonds. The summed E-state index contributed by atoms with van der Waals surface area (Å²) < 4.78 is 0. The van der Waals surface area contributed by atoms with E-state index in [9.17, 15) is 0 Å². The molecule has 0 aromatic carbocycles. The van der Waals surface area contributed by atoms with Gasteiger partial charge >= 0.3 is 0 Å². The first kappa shape index (κ1) is 14.9. The SMILES string of the molecule is CNc1nc(C2CCN(Cc3cncnc3)CC2)nc2nc[nH]c12. The molecule has 0 bridgehead atoms. The van der Waals surface area contributed by atoms with Crippen LogP contribution in [-0.4, -0.2) is 54.9 Å². The van der Waals surface area contributed by atoms with Gasteiger partial charge in [0.1, 0.15) is 17.7 Å². The number of nitrogens with zero attached hydrogens (tertiary/aromatic N) is 6. The molecule has 1 aliphatic rings. The molecule has 124 valence electrons. The first-order chi connectivity index (χ1) is 11.8. The summed E-state index contributed by atoms with van der Waals surface area (Å²) in [7, 11) is 1.87. The van der Waals surface area contributed by atoms with Crippen molar-refractivity contribution in [2.75, 3.05) is 25.5 Å². The predicted octanol–water partition coefficient (Wildman–Crippen LogP) is 1.56. The Kier molecular flexibility index (Phi) is 4.04. The third kappa shape index (κ3) is 2.92. The van der Waals surface area contributed by atoms with Crippen molar-refractivity contribution in [2.45, 2.75) is 25.3 Å². The highest BCUT2D eigenvalue weighted by Crippen LogP contribution is 2.28. The van der Waals surface area contributed by atoms with Gasteiger partial charge in [-0.2, -0.15) is 0 Å². The standard InChI is InChI=1S/C16H20N8/c1-17-15-13-16(21-10-20-13)23-14(22-15)12-2-4-24(5-3-12)8-11-6-18-9-19-7-11/h6-7,9-10,12H,2-5,8H2,1H3,(H2,17,20,21,22,23). The Morgan fingerprint density at radius 1 is 1.21 bits per heavy atom. The number of rotatable bonds is 4. The second kappa shape index (κ2) is 6.48. The van der Waals surface area contributed by atoms with E-state index in [-0.39, 0.29) is 0 Å². The fourth-order valence-corrected chi connectivity index (χ4v) is 3.23. The molecule has 2 N–H and O–H groups in total. The summed E-state index contributed by atoms with van der Waals surface area (Å²) in [5.74, 6) is 2.08. The van der Waals surface area contributed by atoms with Crippen LogP contribution in [0.25, 0.3) is 11.2 Å². The number of aromatic amines is 1. The van der Waals surface area contributed by atoms with Gasteiger partial charge in [-0.25, -0.2) is 24.9 Å². The largest absolute Gasteiger partial charge is 0.371 e. The molecule has 3 aromatic rings. The lowest BCUT2D eigenvalue weighted by Crippen LogP contribution is -2.33. The van der Waals surface area contributed by atoms with Crippen LogP contribution in [-0.2, 0) is 6.54 Å². The number of anilines is 1. The molecule has 4 heterocycles. The molecule has 0 saturated carbocycles. The number of imidazole rings is 1. The Hall–Kier alpha value is -2.61. The van der Waals surface area contributed by atoms with Gasteiger partial charge in [0.05, 0.1) is 6.33 Å². The minimum absolute atomic E-state index is 0.376. The van der Waals surface area contributed by atoms with Crippen molar-refractivity contribution in [1.29, 1.82) is 0 Å². The fraction of sp³-hybridized carbons (Fsp3) is 0.438. The molecule has 0 unspecified atom stereocenters. The lowest BCUT2D eigenvalue weighted by Gasteiger charge is -2.31. The van der Waals surface area contributed by atoms with Crippen LogP contribution >= 0.6 is 0 Å². The molecule has 8 nitrogen and oxygen atoms in total. The van der Waals surface area contributed by atoms with Gasteiger partial charge in [-0.1, -0.05) is 0 Å². The van der Waals surface area contributed by atoms with Crippen LogP contribution in [0.4, 0.5) is 5.82 Å². The van der Waals surface area contributed by atoms with Gasteiger partial charge in [0.2, 0.25) is 0 Å². The number of H-pyrrole nitrogens is 1. The summed E-state index contributed by atoms with van der Waals surface area (Å²) in [5, 5.41) is 3.13. The molecule has 8 heteroatoms. The highest BCUT2D eigenvalue weighted by molar-refractivity contribution is 5.82. The van der Waals surface area contributed by atoms with Crippen molar-refractivity contribution in [3.8, 4) is 0 Å². The van der Waals surface area contributed by atoms with E-state index in [1.165, 1.54) is 0 Å². The van der Waals surface area contributed by atoms with E-state index in [0.717, 1.165) is 60.8 Å². The third-order valence-corrected chi connectivity index (χ3v) is 4.51. The van der Waals surface area contributed by atoms with Crippen molar-refractivity contribution in [3.63, 3.8) is 0 Å². The molecule has 0 radical (unpaired) electrons. The second-order valence-corrected chi connectivity index (χ2v) is 6.08. The van der Waals surface area contributed by atoms with Crippen LogP contribution in [0.15, 0.2) is 25.0 Å². The van der Waals surface area contributed by atoms with E-state index < -0.39 is 0 Å². The van der Waals surface area contributed by atoms with E-state index in [1.807, 2.05) is 19.4 Å². The molecule has 0 spiro atoms. The van der Waals surface area contributed by atoms with Crippen molar-refractivity contribution in [3.05, 3.63) is 36.4 Å². The van der Waals surface area contributed by atoms with Gasteiger partial charge in [0.15, 0.2) is 11.5 Å². The zero-order chi connectivity index (χ0) is 16.4. The number of hydrogen-bond acceptors (Lipinski definition) is 7. The summed E-state index contributed by atoms with van der Waals surface area (Å²) in [6.07, 6.45) is 9.09. The summed E-state index contributed by atoms with van der Waals surface area (Å²) >= 11 is 0. The minimum Gasteiger partial charge on any atom is -0.371 e. The average molecular weight is 324 g/mol. The van der Waals surface area contributed by atoms with Gasteiger partial charge in [0, 0.05) is 37.5 Å². The van der Waals surface area contributed by atoms with E-state index in [0.29, 0.717) is 5.92 Å². The molecule has 0 aliphatic carbocycles. The van der Waals surface area contributed by atoms with Gasteiger partial charge in [-0.15, -0.1) is 0 Å². The van der Waals surface area contributed by atoms with E-state index in [2.05, 4.69) is 35.1 Å². The van der Waals surface area contributed by atoms with Crippen LogP contribution in [0.1, 0.15) is 30.1 Å². The monoisotopic (exact) mass is 324 g/mol. The van der Waals surface area contributed by atoms with E-state index in [4.69, 9.17) is 4.98 Å². The van der Waals surface area contributed by atoms with Gasteiger partial charge in [0.25, 0.3) is 0 Å². The van der Waals surface area contributed by atoms with Crippen molar-refractivity contribution >= 4 is 17.0 Å². The molecule has 1 saturated heterocycles. The Balaban J connectivity index is 1.46. The highest BCUT2D eigenvalue weighted by Gasteiger charge is 2.24. The molecular formula is C16H20N8. The molecule has 1 fully saturated rings. The molecule has 0 atom stereocenters. The number of fused-ring (bicyclic) bond motifs is 1. The lowest BCUT2D eigenvalue weighted by atomic mass is 9.95. The summed E-state index contributed by atoms with van der Waals surface area (Å²) in [4.78, 5) is 27.3. The second-order valence-electron chi connectivity index (χ2n) is 6.08. The van der Waals surface area contributed by atoms with Crippen molar-refractivity contribution in [1.82, 2.24) is 34.8 Å². The normalized spacial score (nSPS) is 16.5. The number of piperidine rings is 1. The topological polar surface area (TPSA) is 95.5 Å². The number of likely N-dealkylation sites (tertiary alicyclic amines) is 1.